The number of fused-ring (bicyclic) bond motifs is 1. The monoisotopic (exact) mass is 337 g/mol. The van der Waals surface area contributed by atoms with Crippen molar-refractivity contribution >= 4 is 5.69 Å². The summed E-state index contributed by atoms with van der Waals surface area (Å²) in [6.45, 7) is 2.93. The van der Waals surface area contributed by atoms with Gasteiger partial charge in [-0.05, 0) is 61.6 Å². The summed E-state index contributed by atoms with van der Waals surface area (Å²) >= 11 is 0. The minimum Gasteiger partial charge on any atom is -0.508 e. The standard InChI is InChI=1S/C21H23NO3/c1-2-22-19-6-4-3-5-18(19)21-24-13-20(25-21)16-8-7-15-12-17(23)10-9-14(15)11-16/h3-6,9-10,12-13,16,21-23H,2,7-8,11H2,1H3. The summed E-state index contributed by atoms with van der Waals surface area (Å²) in [4.78, 5) is 0. The Morgan fingerprint density at radius 1 is 1.16 bits per heavy atom. The molecule has 0 saturated carbocycles. The fourth-order valence-electron chi connectivity index (χ4n) is 3.68. The van der Waals surface area contributed by atoms with Crippen LogP contribution in [0.3, 0.4) is 0 Å². The number of anilines is 1. The molecule has 1 heterocycles. The quantitative estimate of drug-likeness (QED) is 0.861. The van der Waals surface area contributed by atoms with E-state index in [2.05, 4.69) is 12.2 Å². The summed E-state index contributed by atoms with van der Waals surface area (Å²) in [5, 5.41) is 13.0. The second kappa shape index (κ2) is 6.71. The Bertz CT molecular complexity index is 799. The third-order valence-electron chi connectivity index (χ3n) is 4.95. The molecule has 2 atom stereocenters. The first kappa shape index (κ1) is 15.9. The number of phenols is 1. The van der Waals surface area contributed by atoms with Gasteiger partial charge in [-0.15, -0.1) is 0 Å². The van der Waals surface area contributed by atoms with Gasteiger partial charge in [0.05, 0.1) is 5.56 Å². The number of hydrogen-bond donors (Lipinski definition) is 2. The van der Waals surface area contributed by atoms with Gasteiger partial charge in [0.25, 0.3) is 6.29 Å². The van der Waals surface area contributed by atoms with Crippen LogP contribution in [0.4, 0.5) is 5.69 Å². The van der Waals surface area contributed by atoms with Gasteiger partial charge in [-0.1, -0.05) is 18.2 Å². The van der Waals surface area contributed by atoms with Crippen LogP contribution in [0.15, 0.2) is 54.5 Å². The van der Waals surface area contributed by atoms with Crippen molar-refractivity contribution in [1.29, 1.82) is 0 Å². The smallest absolute Gasteiger partial charge is 0.268 e. The molecule has 2 aromatic rings. The number of aromatic hydroxyl groups is 1. The summed E-state index contributed by atoms with van der Waals surface area (Å²) in [5.74, 6) is 1.60. The number of para-hydroxylation sites is 1. The molecule has 4 rings (SSSR count). The van der Waals surface area contributed by atoms with Crippen molar-refractivity contribution < 1.29 is 14.6 Å². The first-order valence-electron chi connectivity index (χ1n) is 8.90. The van der Waals surface area contributed by atoms with E-state index in [1.165, 1.54) is 11.1 Å². The number of rotatable bonds is 4. The third kappa shape index (κ3) is 3.16. The van der Waals surface area contributed by atoms with Crippen LogP contribution in [0.1, 0.15) is 36.3 Å². The fraction of sp³-hybridized carbons (Fsp3) is 0.333. The molecule has 1 aliphatic heterocycles. The number of benzene rings is 2. The van der Waals surface area contributed by atoms with Crippen molar-refractivity contribution in [1.82, 2.24) is 0 Å². The van der Waals surface area contributed by atoms with Crippen LogP contribution in [-0.2, 0) is 22.3 Å². The van der Waals surface area contributed by atoms with E-state index < -0.39 is 0 Å². The Kier molecular flexibility index (Phi) is 4.26. The van der Waals surface area contributed by atoms with Gasteiger partial charge >= 0.3 is 0 Å². The van der Waals surface area contributed by atoms with Crippen LogP contribution >= 0.6 is 0 Å². The highest BCUT2D eigenvalue weighted by Crippen LogP contribution is 2.39. The van der Waals surface area contributed by atoms with Crippen molar-refractivity contribution in [3.63, 3.8) is 0 Å². The Morgan fingerprint density at radius 2 is 2.04 bits per heavy atom. The van der Waals surface area contributed by atoms with Crippen molar-refractivity contribution in [3.05, 3.63) is 71.2 Å². The average molecular weight is 337 g/mol. The molecular formula is C21H23NO3. The van der Waals surface area contributed by atoms with Crippen molar-refractivity contribution in [3.8, 4) is 5.75 Å². The van der Waals surface area contributed by atoms with Gasteiger partial charge < -0.3 is 19.9 Å². The molecule has 0 bridgehead atoms. The summed E-state index contributed by atoms with van der Waals surface area (Å²) < 4.78 is 12.0. The minimum atomic E-state index is -0.383. The number of phenolic OH excluding ortho intramolecular Hbond substituents is 1. The van der Waals surface area contributed by atoms with Crippen molar-refractivity contribution in [2.24, 2.45) is 5.92 Å². The predicted molar refractivity (Wildman–Crippen MR) is 97.2 cm³/mol. The predicted octanol–water partition coefficient (Wildman–Crippen LogP) is 4.52. The fourth-order valence-corrected chi connectivity index (χ4v) is 3.68. The molecule has 2 aromatic carbocycles. The molecule has 0 aromatic heterocycles. The Hall–Kier alpha value is -2.62. The van der Waals surface area contributed by atoms with Gasteiger partial charge in [0, 0.05) is 18.2 Å². The molecule has 2 N–H and O–H groups in total. The molecular weight excluding hydrogens is 314 g/mol. The van der Waals surface area contributed by atoms with E-state index in [0.717, 1.165) is 42.8 Å². The molecule has 0 fully saturated rings. The lowest BCUT2D eigenvalue weighted by Crippen LogP contribution is -2.17. The zero-order chi connectivity index (χ0) is 17.2. The van der Waals surface area contributed by atoms with Crippen LogP contribution < -0.4 is 5.32 Å². The lowest BCUT2D eigenvalue weighted by molar-refractivity contribution is -0.0401. The maximum atomic E-state index is 9.63. The van der Waals surface area contributed by atoms with Crippen LogP contribution in [0.5, 0.6) is 5.75 Å². The minimum absolute atomic E-state index is 0.327. The molecule has 0 amide bonds. The van der Waals surface area contributed by atoms with E-state index in [4.69, 9.17) is 9.47 Å². The average Bonchev–Trinajstić information content (AvgIpc) is 3.12. The molecule has 4 nitrogen and oxygen atoms in total. The lowest BCUT2D eigenvalue weighted by Gasteiger charge is -2.25. The molecule has 25 heavy (non-hydrogen) atoms. The summed E-state index contributed by atoms with van der Waals surface area (Å²) in [7, 11) is 0. The normalized spacial score (nSPS) is 21.7. The third-order valence-corrected chi connectivity index (χ3v) is 4.95. The summed E-state index contributed by atoms with van der Waals surface area (Å²) in [5.41, 5.74) is 4.60. The topological polar surface area (TPSA) is 50.7 Å². The van der Waals surface area contributed by atoms with E-state index in [1.807, 2.05) is 36.4 Å². The van der Waals surface area contributed by atoms with Gasteiger partial charge in [0.2, 0.25) is 0 Å². The van der Waals surface area contributed by atoms with E-state index in [1.54, 1.807) is 12.3 Å². The van der Waals surface area contributed by atoms with Crippen LogP contribution in [-0.4, -0.2) is 11.7 Å². The van der Waals surface area contributed by atoms with Crippen molar-refractivity contribution in [2.75, 3.05) is 11.9 Å². The highest BCUT2D eigenvalue weighted by molar-refractivity contribution is 5.52. The first-order chi connectivity index (χ1) is 12.2. The molecule has 1 aliphatic carbocycles. The molecule has 4 heteroatoms. The Morgan fingerprint density at radius 3 is 2.92 bits per heavy atom. The largest absolute Gasteiger partial charge is 0.508 e. The lowest BCUT2D eigenvalue weighted by atomic mass is 9.83. The molecule has 2 aliphatic rings. The zero-order valence-electron chi connectivity index (χ0n) is 14.4. The number of aryl methyl sites for hydroxylation is 1. The molecule has 130 valence electrons. The van der Waals surface area contributed by atoms with E-state index in [0.29, 0.717) is 11.7 Å². The highest BCUT2D eigenvalue weighted by atomic mass is 16.7. The highest BCUT2D eigenvalue weighted by Gasteiger charge is 2.31. The van der Waals surface area contributed by atoms with Gasteiger partial charge in [-0.25, -0.2) is 0 Å². The van der Waals surface area contributed by atoms with E-state index in [-0.39, 0.29) is 6.29 Å². The van der Waals surface area contributed by atoms with Gasteiger partial charge in [-0.3, -0.25) is 0 Å². The number of nitrogens with one attached hydrogen (secondary N) is 1. The molecule has 0 saturated heterocycles. The van der Waals surface area contributed by atoms with Crippen LogP contribution in [0, 0.1) is 5.92 Å². The first-order valence-corrected chi connectivity index (χ1v) is 8.90. The number of ether oxygens (including phenoxy) is 2. The Labute approximate surface area is 148 Å². The van der Waals surface area contributed by atoms with E-state index >= 15 is 0 Å². The maximum absolute atomic E-state index is 9.63. The molecule has 0 spiro atoms. The number of allylic oxidation sites excluding steroid dienone is 1. The molecule has 0 radical (unpaired) electrons. The Balaban J connectivity index is 1.47. The van der Waals surface area contributed by atoms with Crippen molar-refractivity contribution in [2.45, 2.75) is 32.5 Å². The second-order valence-electron chi connectivity index (χ2n) is 6.62. The van der Waals surface area contributed by atoms with Crippen LogP contribution in [0.2, 0.25) is 0 Å². The van der Waals surface area contributed by atoms with Gasteiger partial charge in [0.15, 0.2) is 0 Å². The SMILES string of the molecule is CCNc1ccccc1C1OC=C(C2CCc3cc(O)ccc3C2)O1. The van der Waals surface area contributed by atoms with Gasteiger partial charge in [-0.2, -0.15) is 0 Å². The molecule has 2 unspecified atom stereocenters. The van der Waals surface area contributed by atoms with E-state index in [9.17, 15) is 5.11 Å². The summed E-state index contributed by atoms with van der Waals surface area (Å²) in [6, 6.07) is 13.8. The zero-order valence-corrected chi connectivity index (χ0v) is 14.4. The van der Waals surface area contributed by atoms with Crippen LogP contribution in [0.25, 0.3) is 0 Å². The summed E-state index contributed by atoms with van der Waals surface area (Å²) in [6.07, 6.45) is 4.28. The van der Waals surface area contributed by atoms with Gasteiger partial charge in [0.1, 0.15) is 17.8 Å². The second-order valence-corrected chi connectivity index (χ2v) is 6.62. The number of hydrogen-bond acceptors (Lipinski definition) is 4. The maximum Gasteiger partial charge on any atom is 0.268 e.